The number of nitrogens with zero attached hydrogens (tertiary/aromatic N) is 9. The van der Waals surface area contributed by atoms with Crippen LogP contribution >= 0.6 is 11.6 Å². The summed E-state index contributed by atoms with van der Waals surface area (Å²) in [6.07, 6.45) is 2.30. The molecule has 5 rings (SSSR count). The van der Waals surface area contributed by atoms with Gasteiger partial charge in [-0.15, -0.1) is 5.10 Å². The molecule has 4 aromatic rings. The van der Waals surface area contributed by atoms with E-state index in [1.54, 1.807) is 18.2 Å². The van der Waals surface area contributed by atoms with Gasteiger partial charge in [0.2, 0.25) is 16.0 Å². The van der Waals surface area contributed by atoms with Crippen molar-refractivity contribution in [2.24, 2.45) is 0 Å². The van der Waals surface area contributed by atoms with Crippen LogP contribution in [0, 0.1) is 0 Å². The van der Waals surface area contributed by atoms with Crippen LogP contribution in [-0.2, 0) is 22.7 Å². The minimum Gasteiger partial charge on any atom is -0.351 e. The van der Waals surface area contributed by atoms with E-state index in [2.05, 4.69) is 35.8 Å². The highest BCUT2D eigenvalue weighted by Gasteiger charge is 2.36. The Morgan fingerprint density at radius 1 is 1.15 bits per heavy atom. The molecule has 0 radical (unpaired) electrons. The van der Waals surface area contributed by atoms with E-state index in [9.17, 15) is 21.6 Å². The van der Waals surface area contributed by atoms with Crippen molar-refractivity contribution < 1.29 is 21.6 Å². The van der Waals surface area contributed by atoms with Crippen LogP contribution in [-0.4, -0.2) is 77.8 Å². The number of benzene rings is 1. The average Bonchev–Trinajstić information content (AvgIpc) is 3.56. The Hall–Kier alpha value is -3.63. The van der Waals surface area contributed by atoms with Gasteiger partial charge in [-0.3, -0.25) is 0 Å². The molecule has 17 heteroatoms. The van der Waals surface area contributed by atoms with Crippen molar-refractivity contribution in [2.45, 2.75) is 31.6 Å². The highest BCUT2D eigenvalue weighted by Crippen LogP contribution is 2.36. The molecule has 206 valence electrons. The summed E-state index contributed by atoms with van der Waals surface area (Å²) in [6.45, 7) is 0.981. The minimum absolute atomic E-state index is 0.00431. The van der Waals surface area contributed by atoms with Gasteiger partial charge in [0.25, 0.3) is 0 Å². The van der Waals surface area contributed by atoms with Gasteiger partial charge in [0.1, 0.15) is 29.6 Å². The molecule has 1 fully saturated rings. The lowest BCUT2D eigenvalue weighted by Crippen LogP contribution is -2.42. The van der Waals surface area contributed by atoms with Crippen molar-refractivity contribution in [3.05, 3.63) is 59.4 Å². The monoisotopic (exact) mass is 582 g/mol. The van der Waals surface area contributed by atoms with Crippen molar-refractivity contribution in [1.82, 2.24) is 44.0 Å². The number of rotatable bonds is 7. The van der Waals surface area contributed by atoms with Crippen molar-refractivity contribution in [2.75, 3.05) is 24.7 Å². The summed E-state index contributed by atoms with van der Waals surface area (Å²) in [5, 5.41) is 14.4. The summed E-state index contributed by atoms with van der Waals surface area (Å²) in [4.78, 5) is 12.2. The number of sulfonamides is 1. The van der Waals surface area contributed by atoms with Gasteiger partial charge in [-0.2, -0.15) is 13.2 Å². The molecule has 39 heavy (non-hydrogen) atoms. The Kier molecular flexibility index (Phi) is 7.26. The molecule has 0 spiro atoms. The average molecular weight is 583 g/mol. The SMILES string of the molecule is CS(=O)(=O)N1CCC(Nc2ncc(C(F)(F)F)c(-c3cn(-c4ccc(Cn5cnnn5)cc4Cl)cn3)n2)CC1. The highest BCUT2D eigenvalue weighted by molar-refractivity contribution is 7.88. The summed E-state index contributed by atoms with van der Waals surface area (Å²) in [5.41, 5.74) is -0.112. The van der Waals surface area contributed by atoms with E-state index in [0.717, 1.165) is 18.0 Å². The van der Waals surface area contributed by atoms with Gasteiger partial charge in [-0.1, -0.05) is 17.7 Å². The van der Waals surface area contributed by atoms with Crippen LogP contribution in [0.1, 0.15) is 24.0 Å². The van der Waals surface area contributed by atoms with E-state index in [-0.39, 0.29) is 17.7 Å². The normalized spacial score (nSPS) is 15.5. The molecule has 1 aliphatic heterocycles. The van der Waals surface area contributed by atoms with Crippen molar-refractivity contribution in [3.8, 4) is 17.1 Å². The molecule has 4 heterocycles. The number of alkyl halides is 3. The van der Waals surface area contributed by atoms with E-state index < -0.39 is 27.5 Å². The Labute approximate surface area is 225 Å². The predicted octanol–water partition coefficient (Wildman–Crippen LogP) is 2.87. The summed E-state index contributed by atoms with van der Waals surface area (Å²) >= 11 is 6.47. The van der Waals surface area contributed by atoms with Gasteiger partial charge in [0, 0.05) is 31.5 Å². The summed E-state index contributed by atoms with van der Waals surface area (Å²) < 4.78 is 69.4. The number of anilines is 1. The summed E-state index contributed by atoms with van der Waals surface area (Å²) in [7, 11) is -3.30. The van der Waals surface area contributed by atoms with Crippen LogP contribution in [0.5, 0.6) is 0 Å². The standard InChI is InChI=1S/C22H22ClF3N10O2S/c1-39(37,38)36-6-4-15(5-7-36)30-21-27-9-16(22(24,25)26)20(31-21)18-11-34(12-28-18)19-3-2-14(8-17(19)23)10-35-13-29-32-33-35/h2-3,8-9,11-13,15H,4-7,10H2,1H3,(H,27,30,31). The van der Waals surface area contributed by atoms with Gasteiger partial charge < -0.3 is 9.88 Å². The maximum atomic E-state index is 13.8. The molecule has 1 saturated heterocycles. The zero-order chi connectivity index (χ0) is 27.8. The summed E-state index contributed by atoms with van der Waals surface area (Å²) in [5.74, 6) is -0.00431. The van der Waals surface area contributed by atoms with E-state index in [1.807, 2.05) is 0 Å². The van der Waals surface area contributed by atoms with Gasteiger partial charge in [0.05, 0.1) is 23.5 Å². The first-order valence-electron chi connectivity index (χ1n) is 11.7. The molecule has 1 N–H and O–H groups in total. The lowest BCUT2D eigenvalue weighted by molar-refractivity contribution is -0.137. The third-order valence-electron chi connectivity index (χ3n) is 6.20. The molecule has 12 nitrogen and oxygen atoms in total. The first-order valence-corrected chi connectivity index (χ1v) is 13.9. The molecule has 0 unspecified atom stereocenters. The summed E-state index contributed by atoms with van der Waals surface area (Å²) in [6, 6.07) is 5.02. The zero-order valence-electron chi connectivity index (χ0n) is 20.4. The van der Waals surface area contributed by atoms with Crippen LogP contribution in [0.2, 0.25) is 5.02 Å². The molecule has 3 aromatic heterocycles. The Morgan fingerprint density at radius 2 is 1.92 bits per heavy atom. The second-order valence-corrected chi connectivity index (χ2v) is 11.4. The van der Waals surface area contributed by atoms with E-state index in [1.165, 1.54) is 32.4 Å². The Morgan fingerprint density at radius 3 is 2.56 bits per heavy atom. The van der Waals surface area contributed by atoms with Gasteiger partial charge in [-0.25, -0.2) is 32.4 Å². The van der Waals surface area contributed by atoms with Crippen molar-refractivity contribution >= 4 is 27.6 Å². The maximum Gasteiger partial charge on any atom is 0.420 e. The number of hydrogen-bond acceptors (Lipinski definition) is 9. The topological polar surface area (TPSA) is 137 Å². The van der Waals surface area contributed by atoms with Crippen LogP contribution in [0.25, 0.3) is 17.1 Å². The van der Waals surface area contributed by atoms with Crippen molar-refractivity contribution in [3.63, 3.8) is 0 Å². The number of aromatic nitrogens is 8. The number of halogens is 4. The lowest BCUT2D eigenvalue weighted by atomic mass is 10.1. The largest absolute Gasteiger partial charge is 0.420 e. The number of piperidine rings is 1. The molecule has 1 aliphatic rings. The van der Waals surface area contributed by atoms with Gasteiger partial charge in [-0.05, 0) is 41.0 Å². The molecule has 0 saturated carbocycles. The van der Waals surface area contributed by atoms with Crippen LogP contribution in [0.4, 0.5) is 19.1 Å². The lowest BCUT2D eigenvalue weighted by Gasteiger charge is -2.30. The van der Waals surface area contributed by atoms with Crippen molar-refractivity contribution in [1.29, 1.82) is 0 Å². The third kappa shape index (κ3) is 6.17. The second-order valence-electron chi connectivity index (χ2n) is 8.99. The fraction of sp³-hybridized carbons (Fsp3) is 0.364. The molecular weight excluding hydrogens is 561 g/mol. The molecular formula is C22H22ClF3N10O2S. The quantitative estimate of drug-likeness (QED) is 0.349. The molecule has 0 aliphatic carbocycles. The predicted molar refractivity (Wildman–Crippen MR) is 135 cm³/mol. The van der Waals surface area contributed by atoms with Crippen LogP contribution in [0.3, 0.4) is 0 Å². The molecule has 0 bridgehead atoms. The Balaban J connectivity index is 1.39. The number of hydrogen-bond donors (Lipinski definition) is 1. The minimum atomic E-state index is -4.71. The highest BCUT2D eigenvalue weighted by atomic mass is 35.5. The maximum absolute atomic E-state index is 13.8. The number of tetrazole rings is 1. The zero-order valence-corrected chi connectivity index (χ0v) is 22.0. The van der Waals surface area contributed by atoms with E-state index in [4.69, 9.17) is 11.6 Å². The fourth-order valence-electron chi connectivity index (χ4n) is 4.24. The third-order valence-corrected chi connectivity index (χ3v) is 7.81. The smallest absolute Gasteiger partial charge is 0.351 e. The first-order chi connectivity index (χ1) is 18.5. The Bertz CT molecular complexity index is 1570. The molecule has 0 amide bonds. The number of nitrogens with one attached hydrogen (secondary N) is 1. The van der Waals surface area contributed by atoms with E-state index >= 15 is 0 Å². The van der Waals surface area contributed by atoms with Gasteiger partial charge in [0.15, 0.2) is 0 Å². The van der Waals surface area contributed by atoms with Crippen LogP contribution < -0.4 is 5.32 Å². The van der Waals surface area contributed by atoms with Crippen LogP contribution in [0.15, 0.2) is 43.2 Å². The first kappa shape index (κ1) is 27.0. The van der Waals surface area contributed by atoms with Gasteiger partial charge >= 0.3 is 6.18 Å². The molecule has 0 atom stereocenters. The number of imidazole rings is 1. The fourth-order valence-corrected chi connectivity index (χ4v) is 5.42. The second kappa shape index (κ2) is 10.5. The molecule has 1 aromatic carbocycles. The van der Waals surface area contributed by atoms with E-state index in [0.29, 0.717) is 43.2 Å².